The van der Waals surface area contributed by atoms with Crippen molar-refractivity contribution in [2.45, 2.75) is 26.0 Å². The summed E-state index contributed by atoms with van der Waals surface area (Å²) in [6.07, 6.45) is 0.215. The molecule has 27 heavy (non-hydrogen) atoms. The van der Waals surface area contributed by atoms with Gasteiger partial charge in [-0.1, -0.05) is 12.1 Å². The lowest BCUT2D eigenvalue weighted by Crippen LogP contribution is -2.47. The van der Waals surface area contributed by atoms with Gasteiger partial charge in [0, 0.05) is 24.0 Å². The number of rotatable bonds is 6. The summed E-state index contributed by atoms with van der Waals surface area (Å²) < 4.78 is 16.4. The molecule has 1 aliphatic rings. The molecular formula is C21H26N2O4. The SMILES string of the molecule is COc1ccccc1OCC(=O)Nc1ccc(N2CC(C)OCC2C)cc1. The minimum Gasteiger partial charge on any atom is -0.493 e. The van der Waals surface area contributed by atoms with E-state index in [-0.39, 0.29) is 18.6 Å². The van der Waals surface area contributed by atoms with Crippen LogP contribution in [0.4, 0.5) is 11.4 Å². The Morgan fingerprint density at radius 1 is 1.15 bits per heavy atom. The van der Waals surface area contributed by atoms with E-state index in [0.29, 0.717) is 17.5 Å². The molecule has 2 aromatic rings. The number of nitrogens with zero attached hydrogens (tertiary/aromatic N) is 1. The Kier molecular flexibility index (Phi) is 6.19. The number of morpholine rings is 1. The van der Waals surface area contributed by atoms with E-state index in [1.807, 2.05) is 36.4 Å². The Morgan fingerprint density at radius 2 is 1.85 bits per heavy atom. The lowest BCUT2D eigenvalue weighted by Gasteiger charge is -2.38. The van der Waals surface area contributed by atoms with Crippen molar-refractivity contribution >= 4 is 17.3 Å². The monoisotopic (exact) mass is 370 g/mol. The summed E-state index contributed by atoms with van der Waals surface area (Å²) in [5, 5.41) is 2.85. The first-order valence-electron chi connectivity index (χ1n) is 9.11. The highest BCUT2D eigenvalue weighted by molar-refractivity contribution is 5.92. The maximum absolute atomic E-state index is 12.2. The third-order valence-electron chi connectivity index (χ3n) is 4.52. The molecule has 144 valence electrons. The predicted molar refractivity (Wildman–Crippen MR) is 106 cm³/mol. The van der Waals surface area contributed by atoms with Crippen LogP contribution in [0.2, 0.25) is 0 Å². The van der Waals surface area contributed by atoms with Gasteiger partial charge in [-0.05, 0) is 50.2 Å². The molecule has 1 amide bonds. The molecule has 0 saturated carbocycles. The number of hydrogen-bond acceptors (Lipinski definition) is 5. The number of anilines is 2. The van der Waals surface area contributed by atoms with Crippen LogP contribution in [0, 0.1) is 0 Å². The van der Waals surface area contributed by atoms with Crippen LogP contribution < -0.4 is 19.7 Å². The lowest BCUT2D eigenvalue weighted by atomic mass is 10.1. The van der Waals surface area contributed by atoms with E-state index in [2.05, 4.69) is 24.1 Å². The first-order chi connectivity index (χ1) is 13.1. The molecule has 6 heteroatoms. The maximum Gasteiger partial charge on any atom is 0.262 e. The smallest absolute Gasteiger partial charge is 0.262 e. The molecule has 0 radical (unpaired) electrons. The Morgan fingerprint density at radius 3 is 2.56 bits per heavy atom. The van der Waals surface area contributed by atoms with Gasteiger partial charge in [0.25, 0.3) is 5.91 Å². The summed E-state index contributed by atoms with van der Waals surface area (Å²) >= 11 is 0. The third kappa shape index (κ3) is 4.92. The summed E-state index contributed by atoms with van der Waals surface area (Å²) in [7, 11) is 1.57. The molecule has 6 nitrogen and oxygen atoms in total. The zero-order valence-corrected chi connectivity index (χ0v) is 16.0. The molecule has 0 aliphatic carbocycles. The average Bonchev–Trinajstić information content (AvgIpc) is 2.69. The molecule has 1 heterocycles. The van der Waals surface area contributed by atoms with Gasteiger partial charge in [-0.15, -0.1) is 0 Å². The fourth-order valence-electron chi connectivity index (χ4n) is 3.08. The first-order valence-corrected chi connectivity index (χ1v) is 9.11. The van der Waals surface area contributed by atoms with E-state index in [9.17, 15) is 4.79 Å². The van der Waals surface area contributed by atoms with Crippen LogP contribution in [-0.2, 0) is 9.53 Å². The molecule has 1 aliphatic heterocycles. The summed E-state index contributed by atoms with van der Waals surface area (Å²) in [6, 6.07) is 15.4. The second-order valence-corrected chi connectivity index (χ2v) is 6.68. The first kappa shape index (κ1) is 19.0. The number of carbonyl (C=O) groups excluding carboxylic acids is 1. The van der Waals surface area contributed by atoms with Gasteiger partial charge in [-0.2, -0.15) is 0 Å². The van der Waals surface area contributed by atoms with Crippen LogP contribution in [0.5, 0.6) is 11.5 Å². The van der Waals surface area contributed by atoms with Crippen molar-refractivity contribution in [1.29, 1.82) is 0 Å². The van der Waals surface area contributed by atoms with E-state index in [1.165, 1.54) is 0 Å². The number of para-hydroxylation sites is 2. The van der Waals surface area contributed by atoms with E-state index < -0.39 is 0 Å². The van der Waals surface area contributed by atoms with Gasteiger partial charge in [0.15, 0.2) is 18.1 Å². The Bertz CT molecular complexity index is 763. The number of carbonyl (C=O) groups is 1. The van der Waals surface area contributed by atoms with E-state index in [4.69, 9.17) is 14.2 Å². The fourth-order valence-corrected chi connectivity index (χ4v) is 3.08. The van der Waals surface area contributed by atoms with Gasteiger partial charge < -0.3 is 24.4 Å². The molecule has 0 spiro atoms. The molecule has 1 saturated heterocycles. The maximum atomic E-state index is 12.2. The molecule has 1 N–H and O–H groups in total. The average molecular weight is 370 g/mol. The quantitative estimate of drug-likeness (QED) is 0.845. The minimum absolute atomic E-state index is 0.0832. The van der Waals surface area contributed by atoms with Crippen molar-refractivity contribution in [3.05, 3.63) is 48.5 Å². The van der Waals surface area contributed by atoms with Crippen molar-refractivity contribution in [2.24, 2.45) is 0 Å². The van der Waals surface area contributed by atoms with Crippen molar-refractivity contribution in [3.63, 3.8) is 0 Å². The zero-order chi connectivity index (χ0) is 19.2. The van der Waals surface area contributed by atoms with Gasteiger partial charge in [0.2, 0.25) is 0 Å². The highest BCUT2D eigenvalue weighted by Crippen LogP contribution is 2.26. The summed E-state index contributed by atoms with van der Waals surface area (Å²) in [6.45, 7) is 5.73. The van der Waals surface area contributed by atoms with Crippen molar-refractivity contribution in [3.8, 4) is 11.5 Å². The molecule has 0 aromatic heterocycles. The standard InChI is InChI=1S/C21H26N2O4/c1-15-13-26-16(2)12-23(15)18-10-8-17(9-11-18)22-21(24)14-27-20-7-5-4-6-19(20)25-3/h4-11,15-16H,12-14H2,1-3H3,(H,22,24). The Labute approximate surface area is 160 Å². The summed E-state index contributed by atoms with van der Waals surface area (Å²) in [5.74, 6) is 0.923. The molecule has 1 fully saturated rings. The van der Waals surface area contributed by atoms with Crippen LogP contribution in [0.15, 0.2) is 48.5 Å². The molecular weight excluding hydrogens is 344 g/mol. The van der Waals surface area contributed by atoms with Gasteiger partial charge >= 0.3 is 0 Å². The Hall–Kier alpha value is -2.73. The van der Waals surface area contributed by atoms with Gasteiger partial charge in [0.05, 0.1) is 19.8 Å². The predicted octanol–water partition coefficient (Wildman–Crippen LogP) is 3.33. The topological polar surface area (TPSA) is 60.0 Å². The molecule has 0 bridgehead atoms. The number of methoxy groups -OCH3 is 1. The zero-order valence-electron chi connectivity index (χ0n) is 16.0. The Balaban J connectivity index is 1.55. The highest BCUT2D eigenvalue weighted by atomic mass is 16.5. The van der Waals surface area contributed by atoms with E-state index >= 15 is 0 Å². The lowest BCUT2D eigenvalue weighted by molar-refractivity contribution is -0.118. The largest absolute Gasteiger partial charge is 0.493 e. The molecule has 2 unspecified atom stereocenters. The molecule has 2 aromatic carbocycles. The van der Waals surface area contributed by atoms with Crippen LogP contribution in [-0.4, -0.2) is 44.9 Å². The van der Waals surface area contributed by atoms with Crippen LogP contribution in [0.3, 0.4) is 0 Å². The third-order valence-corrected chi connectivity index (χ3v) is 4.52. The summed E-state index contributed by atoms with van der Waals surface area (Å²) in [4.78, 5) is 14.5. The normalized spacial score (nSPS) is 19.4. The number of amides is 1. The van der Waals surface area contributed by atoms with Crippen LogP contribution in [0.1, 0.15) is 13.8 Å². The summed E-state index contributed by atoms with van der Waals surface area (Å²) in [5.41, 5.74) is 1.86. The van der Waals surface area contributed by atoms with Gasteiger partial charge in [0.1, 0.15) is 0 Å². The van der Waals surface area contributed by atoms with Gasteiger partial charge in [-0.25, -0.2) is 0 Å². The highest BCUT2D eigenvalue weighted by Gasteiger charge is 2.23. The van der Waals surface area contributed by atoms with E-state index in [1.54, 1.807) is 19.2 Å². The van der Waals surface area contributed by atoms with Crippen molar-refractivity contribution in [2.75, 3.05) is 37.1 Å². The van der Waals surface area contributed by atoms with Crippen LogP contribution in [0.25, 0.3) is 0 Å². The second-order valence-electron chi connectivity index (χ2n) is 6.68. The number of hydrogen-bond donors (Lipinski definition) is 1. The second kappa shape index (κ2) is 8.77. The van der Waals surface area contributed by atoms with Crippen LogP contribution >= 0.6 is 0 Å². The fraction of sp³-hybridized carbons (Fsp3) is 0.381. The van der Waals surface area contributed by atoms with Gasteiger partial charge in [-0.3, -0.25) is 4.79 Å². The van der Waals surface area contributed by atoms with Crippen molar-refractivity contribution < 1.29 is 19.0 Å². The molecule has 3 rings (SSSR count). The van der Waals surface area contributed by atoms with E-state index in [0.717, 1.165) is 24.5 Å². The number of benzene rings is 2. The van der Waals surface area contributed by atoms with Crippen molar-refractivity contribution in [1.82, 2.24) is 0 Å². The minimum atomic E-state index is -0.220. The molecule has 2 atom stereocenters. The number of nitrogens with one attached hydrogen (secondary N) is 1. The number of ether oxygens (including phenoxy) is 3.